The van der Waals surface area contributed by atoms with E-state index in [9.17, 15) is 0 Å². The van der Waals surface area contributed by atoms with Crippen molar-refractivity contribution in [3.63, 3.8) is 0 Å². The molecule has 0 saturated carbocycles. The first-order valence-corrected chi connectivity index (χ1v) is 7.53. The van der Waals surface area contributed by atoms with Crippen LogP contribution in [0.5, 0.6) is 0 Å². The molecule has 0 aromatic rings. The SMILES string of the molecule is C1=CC2=CC(CC3=PC4=CC=CC4=C3)=PC2=C1. The predicted molar refractivity (Wildman–Crippen MR) is 79.1 cm³/mol. The molecular formula is C15H10P2. The average Bonchev–Trinajstić information content (AvgIpc) is 2.93. The highest BCUT2D eigenvalue weighted by Gasteiger charge is 2.17. The van der Waals surface area contributed by atoms with Gasteiger partial charge in [-0.1, -0.05) is 40.7 Å². The lowest BCUT2D eigenvalue weighted by Crippen LogP contribution is -1.96. The summed E-state index contributed by atoms with van der Waals surface area (Å²) in [6.45, 7) is 0. The number of hydrogen-bond acceptors (Lipinski definition) is 0. The summed E-state index contributed by atoms with van der Waals surface area (Å²) in [5.74, 6) is 0. The monoisotopic (exact) mass is 252 g/mol. The molecule has 80 valence electrons. The molecule has 4 aliphatic rings. The molecule has 0 atom stereocenters. The summed E-state index contributed by atoms with van der Waals surface area (Å²) < 4.78 is 0. The second kappa shape index (κ2) is 3.64. The van der Waals surface area contributed by atoms with Crippen molar-refractivity contribution in [3.05, 3.63) is 70.4 Å². The van der Waals surface area contributed by atoms with E-state index < -0.39 is 0 Å². The lowest BCUT2D eigenvalue weighted by atomic mass is 10.1. The molecule has 0 N–H and O–H groups in total. The van der Waals surface area contributed by atoms with Crippen LogP contribution in [0.1, 0.15) is 6.42 Å². The Morgan fingerprint density at radius 2 is 1.29 bits per heavy atom. The van der Waals surface area contributed by atoms with Crippen molar-refractivity contribution in [2.75, 3.05) is 0 Å². The van der Waals surface area contributed by atoms with Gasteiger partial charge in [0.2, 0.25) is 0 Å². The lowest BCUT2D eigenvalue weighted by Gasteiger charge is -1.96. The summed E-state index contributed by atoms with van der Waals surface area (Å²) in [6.07, 6.45) is 19.0. The molecule has 0 spiro atoms. The van der Waals surface area contributed by atoms with Crippen molar-refractivity contribution in [3.8, 4) is 0 Å². The highest BCUT2D eigenvalue weighted by Crippen LogP contribution is 2.39. The Balaban J connectivity index is 1.58. The molecule has 2 heteroatoms. The van der Waals surface area contributed by atoms with E-state index in [0.717, 1.165) is 6.42 Å². The molecule has 2 heterocycles. The molecule has 0 saturated heterocycles. The van der Waals surface area contributed by atoms with E-state index in [1.807, 2.05) is 0 Å². The van der Waals surface area contributed by atoms with Crippen LogP contribution in [-0.4, -0.2) is 10.6 Å². The Morgan fingerprint density at radius 3 is 1.76 bits per heavy atom. The fourth-order valence-electron chi connectivity index (χ4n) is 2.40. The third-order valence-corrected chi connectivity index (χ3v) is 5.63. The first-order valence-electron chi connectivity index (χ1n) is 5.74. The quantitative estimate of drug-likeness (QED) is 0.639. The van der Waals surface area contributed by atoms with Crippen LogP contribution in [0.25, 0.3) is 0 Å². The van der Waals surface area contributed by atoms with Crippen molar-refractivity contribution < 1.29 is 0 Å². The summed E-state index contributed by atoms with van der Waals surface area (Å²) in [4.78, 5) is 0. The fourth-order valence-corrected chi connectivity index (χ4v) is 4.90. The summed E-state index contributed by atoms with van der Waals surface area (Å²) in [6, 6.07) is 0. The normalized spacial score (nSPS) is 24.7. The molecule has 0 amide bonds. The average molecular weight is 252 g/mol. The predicted octanol–water partition coefficient (Wildman–Crippen LogP) is 4.40. The van der Waals surface area contributed by atoms with Gasteiger partial charge in [-0.3, -0.25) is 0 Å². The van der Waals surface area contributed by atoms with Crippen LogP contribution in [0.2, 0.25) is 0 Å². The third-order valence-electron chi connectivity index (χ3n) is 3.19. The largest absolute Gasteiger partial charge is 0.0639 e. The zero-order valence-corrected chi connectivity index (χ0v) is 11.0. The van der Waals surface area contributed by atoms with Gasteiger partial charge in [0, 0.05) is 17.0 Å². The van der Waals surface area contributed by atoms with Gasteiger partial charge in [-0.05, 0) is 46.0 Å². The molecule has 0 bridgehead atoms. The van der Waals surface area contributed by atoms with Crippen LogP contribution in [0.15, 0.2) is 70.4 Å². The molecule has 0 radical (unpaired) electrons. The minimum atomic E-state index is 1.13. The van der Waals surface area contributed by atoms with Gasteiger partial charge in [-0.25, -0.2) is 0 Å². The maximum atomic E-state index is 2.36. The Morgan fingerprint density at radius 1 is 0.765 bits per heavy atom. The van der Waals surface area contributed by atoms with Crippen LogP contribution in [0.3, 0.4) is 0 Å². The molecule has 0 nitrogen and oxygen atoms in total. The van der Waals surface area contributed by atoms with Gasteiger partial charge in [-0.15, -0.1) is 0 Å². The standard InChI is InChI=1S/C15H10P2/c1-3-10-7-12(16-14(10)5-1)9-13-8-11-4-2-6-15(11)17-13/h1-8H,9H2. The van der Waals surface area contributed by atoms with Crippen LogP contribution >= 0.6 is 16.4 Å². The second-order valence-electron chi connectivity index (χ2n) is 4.40. The minimum absolute atomic E-state index is 1.13. The van der Waals surface area contributed by atoms with Crippen LogP contribution in [0, 0.1) is 0 Å². The molecule has 4 rings (SSSR count). The Kier molecular flexibility index (Phi) is 2.09. The van der Waals surface area contributed by atoms with E-state index in [-0.39, 0.29) is 0 Å². The Bertz CT molecular complexity index is 601. The number of hydrogen-bond donors (Lipinski definition) is 0. The van der Waals surface area contributed by atoms with Crippen molar-refractivity contribution >= 4 is 27.0 Å². The molecule has 0 aromatic heterocycles. The fraction of sp³-hybridized carbons (Fsp3) is 0.0667. The van der Waals surface area contributed by atoms with Crippen molar-refractivity contribution in [1.82, 2.24) is 0 Å². The van der Waals surface area contributed by atoms with Crippen LogP contribution < -0.4 is 0 Å². The molecule has 2 aliphatic carbocycles. The van der Waals surface area contributed by atoms with E-state index in [1.54, 1.807) is 10.6 Å². The summed E-state index contributed by atoms with van der Waals surface area (Å²) >= 11 is 0. The van der Waals surface area contributed by atoms with Crippen LogP contribution in [0.4, 0.5) is 0 Å². The first kappa shape index (κ1) is 9.77. The summed E-state index contributed by atoms with van der Waals surface area (Å²) in [5.41, 5.74) is 2.84. The number of rotatable bonds is 2. The molecule has 0 fully saturated rings. The second-order valence-corrected chi connectivity index (χ2v) is 6.96. The summed E-state index contributed by atoms with van der Waals surface area (Å²) in [7, 11) is 2.82. The number of allylic oxidation sites excluding steroid dienone is 12. The van der Waals surface area contributed by atoms with E-state index >= 15 is 0 Å². The lowest BCUT2D eigenvalue weighted by molar-refractivity contribution is 1.67. The minimum Gasteiger partial charge on any atom is -0.0639 e. The topological polar surface area (TPSA) is 0 Å². The van der Waals surface area contributed by atoms with E-state index in [2.05, 4.69) is 48.6 Å². The van der Waals surface area contributed by atoms with Gasteiger partial charge in [0.05, 0.1) is 0 Å². The molecule has 0 unspecified atom stereocenters. The first-order chi connectivity index (χ1) is 8.38. The Hall–Kier alpha value is -1.22. The third kappa shape index (κ3) is 1.61. The van der Waals surface area contributed by atoms with Gasteiger partial charge < -0.3 is 0 Å². The van der Waals surface area contributed by atoms with Crippen molar-refractivity contribution in [2.24, 2.45) is 0 Å². The van der Waals surface area contributed by atoms with Gasteiger partial charge in [0.25, 0.3) is 0 Å². The van der Waals surface area contributed by atoms with Gasteiger partial charge in [-0.2, -0.15) is 0 Å². The highest BCUT2D eigenvalue weighted by atomic mass is 31.1. The maximum Gasteiger partial charge on any atom is 0.00931 e. The highest BCUT2D eigenvalue weighted by molar-refractivity contribution is 7.49. The van der Waals surface area contributed by atoms with Gasteiger partial charge in [0.15, 0.2) is 0 Å². The summed E-state index contributed by atoms with van der Waals surface area (Å²) in [5, 5.41) is 6.03. The number of fused-ring (bicyclic) bond motifs is 2. The van der Waals surface area contributed by atoms with Crippen molar-refractivity contribution in [1.29, 1.82) is 0 Å². The smallest absolute Gasteiger partial charge is 0.00931 e. The Labute approximate surface area is 104 Å². The van der Waals surface area contributed by atoms with E-state index in [4.69, 9.17) is 0 Å². The van der Waals surface area contributed by atoms with Crippen LogP contribution in [-0.2, 0) is 0 Å². The van der Waals surface area contributed by atoms with E-state index in [0.29, 0.717) is 0 Å². The molecule has 17 heavy (non-hydrogen) atoms. The zero-order chi connectivity index (χ0) is 11.2. The van der Waals surface area contributed by atoms with Crippen molar-refractivity contribution in [2.45, 2.75) is 6.42 Å². The van der Waals surface area contributed by atoms with E-state index in [1.165, 1.54) is 38.2 Å². The molecular weight excluding hydrogens is 242 g/mol. The van der Waals surface area contributed by atoms with Gasteiger partial charge >= 0.3 is 0 Å². The van der Waals surface area contributed by atoms with Gasteiger partial charge in [0.1, 0.15) is 0 Å². The zero-order valence-electron chi connectivity index (χ0n) is 9.22. The molecule has 0 aromatic carbocycles. The molecule has 2 aliphatic heterocycles. The maximum absolute atomic E-state index is 2.36.